The molecule has 1 atom stereocenters. The van der Waals surface area contributed by atoms with Crippen LogP contribution in [0.2, 0.25) is 0 Å². The summed E-state index contributed by atoms with van der Waals surface area (Å²) in [5, 5.41) is 0. The van der Waals surface area contributed by atoms with Gasteiger partial charge in [-0.15, -0.1) is 6.58 Å². The second-order valence-corrected chi connectivity index (χ2v) is 2.90. The Balaban J connectivity index is 3.34. The summed E-state index contributed by atoms with van der Waals surface area (Å²) in [7, 11) is 0. The monoisotopic (exact) mass is 154 g/mol. The standard InChI is InChI=1S/C10H18O/c1-3-5-6-8-10(9-11)7-4-2/h3,9-10H,1,4-8H2,2H3. The van der Waals surface area contributed by atoms with Gasteiger partial charge in [0.1, 0.15) is 6.29 Å². The predicted octanol–water partition coefficient (Wildman–Crippen LogP) is 2.96. The van der Waals surface area contributed by atoms with Crippen LogP contribution in [0.15, 0.2) is 12.7 Å². The molecule has 0 rings (SSSR count). The van der Waals surface area contributed by atoms with E-state index in [1.54, 1.807) is 0 Å². The summed E-state index contributed by atoms with van der Waals surface area (Å²) in [4.78, 5) is 10.5. The van der Waals surface area contributed by atoms with Gasteiger partial charge in [0.05, 0.1) is 0 Å². The van der Waals surface area contributed by atoms with E-state index in [4.69, 9.17) is 0 Å². The van der Waals surface area contributed by atoms with Crippen LogP contribution in [0.3, 0.4) is 0 Å². The van der Waals surface area contributed by atoms with Gasteiger partial charge in [-0.2, -0.15) is 0 Å². The van der Waals surface area contributed by atoms with Crippen LogP contribution < -0.4 is 0 Å². The molecule has 0 aliphatic rings. The van der Waals surface area contributed by atoms with Gasteiger partial charge < -0.3 is 4.79 Å². The Labute approximate surface area is 69.5 Å². The summed E-state index contributed by atoms with van der Waals surface area (Å²) in [6.07, 6.45) is 8.32. The van der Waals surface area contributed by atoms with Crippen molar-refractivity contribution in [3.05, 3.63) is 12.7 Å². The lowest BCUT2D eigenvalue weighted by molar-refractivity contribution is -0.111. The molecule has 0 aromatic heterocycles. The molecule has 0 heterocycles. The van der Waals surface area contributed by atoms with Crippen molar-refractivity contribution < 1.29 is 4.79 Å². The summed E-state index contributed by atoms with van der Waals surface area (Å²) in [6.45, 7) is 5.76. The molecule has 0 N–H and O–H groups in total. The van der Waals surface area contributed by atoms with Crippen LogP contribution in [0.25, 0.3) is 0 Å². The van der Waals surface area contributed by atoms with Crippen LogP contribution in [0.5, 0.6) is 0 Å². The molecule has 11 heavy (non-hydrogen) atoms. The molecule has 1 unspecified atom stereocenters. The van der Waals surface area contributed by atoms with Gasteiger partial charge >= 0.3 is 0 Å². The highest BCUT2D eigenvalue weighted by atomic mass is 16.1. The Morgan fingerprint density at radius 1 is 1.45 bits per heavy atom. The third-order valence-electron chi connectivity index (χ3n) is 1.84. The van der Waals surface area contributed by atoms with Crippen molar-refractivity contribution in [1.29, 1.82) is 0 Å². The fourth-order valence-electron chi connectivity index (χ4n) is 1.18. The second kappa shape index (κ2) is 7.52. The van der Waals surface area contributed by atoms with Crippen LogP contribution >= 0.6 is 0 Å². The summed E-state index contributed by atoms with van der Waals surface area (Å²) in [5.74, 6) is 0.292. The number of rotatable bonds is 7. The molecular formula is C10H18O. The highest BCUT2D eigenvalue weighted by Gasteiger charge is 2.03. The van der Waals surface area contributed by atoms with Gasteiger partial charge in [-0.3, -0.25) is 0 Å². The van der Waals surface area contributed by atoms with E-state index in [0.29, 0.717) is 5.92 Å². The lowest BCUT2D eigenvalue weighted by Gasteiger charge is -2.06. The van der Waals surface area contributed by atoms with Crippen molar-refractivity contribution in [1.82, 2.24) is 0 Å². The third kappa shape index (κ3) is 5.84. The van der Waals surface area contributed by atoms with Gasteiger partial charge in [0.15, 0.2) is 0 Å². The Morgan fingerprint density at radius 2 is 2.18 bits per heavy atom. The fourth-order valence-corrected chi connectivity index (χ4v) is 1.18. The largest absolute Gasteiger partial charge is 0.303 e. The van der Waals surface area contributed by atoms with Crippen LogP contribution in [-0.2, 0) is 4.79 Å². The SMILES string of the molecule is C=CCCCC(C=O)CCC. The first-order valence-corrected chi connectivity index (χ1v) is 4.41. The number of carbonyl (C=O) groups is 1. The summed E-state index contributed by atoms with van der Waals surface area (Å²) >= 11 is 0. The quantitative estimate of drug-likeness (QED) is 0.313. The zero-order valence-electron chi connectivity index (χ0n) is 7.38. The van der Waals surface area contributed by atoms with Crippen molar-refractivity contribution in [2.24, 2.45) is 5.92 Å². The first kappa shape index (κ1) is 10.4. The molecule has 0 bridgehead atoms. The molecule has 0 aromatic carbocycles. The van der Waals surface area contributed by atoms with E-state index in [0.717, 1.165) is 38.4 Å². The van der Waals surface area contributed by atoms with Gasteiger partial charge in [-0.25, -0.2) is 0 Å². The Hall–Kier alpha value is -0.590. The summed E-state index contributed by atoms with van der Waals surface area (Å²) in [6, 6.07) is 0. The molecule has 0 spiro atoms. The van der Waals surface area contributed by atoms with E-state index in [1.165, 1.54) is 0 Å². The third-order valence-corrected chi connectivity index (χ3v) is 1.84. The van der Waals surface area contributed by atoms with Gasteiger partial charge in [0.25, 0.3) is 0 Å². The number of hydrogen-bond donors (Lipinski definition) is 0. The maximum Gasteiger partial charge on any atom is 0.123 e. The second-order valence-electron chi connectivity index (χ2n) is 2.90. The van der Waals surface area contributed by atoms with E-state index in [9.17, 15) is 4.79 Å². The highest BCUT2D eigenvalue weighted by Crippen LogP contribution is 2.11. The topological polar surface area (TPSA) is 17.1 Å². The maximum atomic E-state index is 10.5. The number of allylic oxidation sites excluding steroid dienone is 1. The minimum absolute atomic E-state index is 0.292. The zero-order chi connectivity index (χ0) is 8.53. The molecule has 0 saturated heterocycles. The molecular weight excluding hydrogens is 136 g/mol. The summed E-state index contributed by atoms with van der Waals surface area (Å²) in [5.41, 5.74) is 0. The molecule has 0 saturated carbocycles. The van der Waals surface area contributed by atoms with Crippen LogP contribution in [0.1, 0.15) is 39.0 Å². The first-order valence-electron chi connectivity index (χ1n) is 4.41. The number of unbranched alkanes of at least 4 members (excludes halogenated alkanes) is 1. The first-order chi connectivity index (χ1) is 5.35. The molecule has 0 radical (unpaired) electrons. The average molecular weight is 154 g/mol. The Kier molecular flexibility index (Phi) is 7.11. The summed E-state index contributed by atoms with van der Waals surface area (Å²) < 4.78 is 0. The van der Waals surface area contributed by atoms with E-state index in [1.807, 2.05) is 6.08 Å². The molecule has 0 aliphatic carbocycles. The molecule has 0 amide bonds. The van der Waals surface area contributed by atoms with Crippen molar-refractivity contribution in [3.63, 3.8) is 0 Å². The maximum absolute atomic E-state index is 10.5. The number of aldehydes is 1. The van der Waals surface area contributed by atoms with E-state index in [2.05, 4.69) is 13.5 Å². The van der Waals surface area contributed by atoms with Gasteiger partial charge in [-0.05, 0) is 25.7 Å². The normalized spacial score (nSPS) is 12.5. The number of hydrogen-bond acceptors (Lipinski definition) is 1. The molecule has 1 heteroatoms. The van der Waals surface area contributed by atoms with E-state index in [-0.39, 0.29) is 0 Å². The van der Waals surface area contributed by atoms with Gasteiger partial charge in [-0.1, -0.05) is 19.4 Å². The minimum Gasteiger partial charge on any atom is -0.303 e. The van der Waals surface area contributed by atoms with Crippen molar-refractivity contribution in [3.8, 4) is 0 Å². The lowest BCUT2D eigenvalue weighted by atomic mass is 9.99. The van der Waals surface area contributed by atoms with Crippen molar-refractivity contribution in [2.45, 2.75) is 39.0 Å². The highest BCUT2D eigenvalue weighted by molar-refractivity contribution is 5.53. The van der Waals surface area contributed by atoms with Gasteiger partial charge in [0, 0.05) is 5.92 Å². The predicted molar refractivity (Wildman–Crippen MR) is 48.5 cm³/mol. The Morgan fingerprint density at radius 3 is 2.64 bits per heavy atom. The van der Waals surface area contributed by atoms with E-state index >= 15 is 0 Å². The van der Waals surface area contributed by atoms with Crippen molar-refractivity contribution >= 4 is 6.29 Å². The van der Waals surface area contributed by atoms with Crippen LogP contribution in [0.4, 0.5) is 0 Å². The van der Waals surface area contributed by atoms with E-state index < -0.39 is 0 Å². The van der Waals surface area contributed by atoms with Gasteiger partial charge in [0.2, 0.25) is 0 Å². The zero-order valence-corrected chi connectivity index (χ0v) is 7.38. The van der Waals surface area contributed by atoms with Crippen LogP contribution in [-0.4, -0.2) is 6.29 Å². The molecule has 0 aliphatic heterocycles. The Bertz CT molecular complexity index is 107. The lowest BCUT2D eigenvalue weighted by Crippen LogP contribution is -2.00. The number of carbonyl (C=O) groups excluding carboxylic acids is 1. The van der Waals surface area contributed by atoms with Crippen LogP contribution in [0, 0.1) is 5.92 Å². The molecule has 1 nitrogen and oxygen atoms in total. The van der Waals surface area contributed by atoms with Crippen molar-refractivity contribution in [2.75, 3.05) is 0 Å². The average Bonchev–Trinajstić information content (AvgIpc) is 2.03. The molecule has 64 valence electrons. The minimum atomic E-state index is 0.292. The molecule has 0 fully saturated rings. The molecule has 0 aromatic rings. The smallest absolute Gasteiger partial charge is 0.123 e. The fraction of sp³-hybridized carbons (Fsp3) is 0.700.